The van der Waals surface area contributed by atoms with Crippen LogP contribution in [0.2, 0.25) is 0 Å². The van der Waals surface area contributed by atoms with Gasteiger partial charge in [0, 0.05) is 6.42 Å². The molecule has 0 aromatic heterocycles. The number of unbranched alkanes of at least 4 members (excludes halogenated alkanes) is 1. The van der Waals surface area contributed by atoms with E-state index in [1.54, 1.807) is 12.5 Å². The van der Waals surface area contributed by atoms with Gasteiger partial charge in [0.05, 0.1) is 0 Å². The minimum Gasteiger partial charge on any atom is -0.300 e. The zero-order chi connectivity index (χ0) is 29.1. The number of carbonyl (C=O) groups is 1. The van der Waals surface area contributed by atoms with E-state index in [1.165, 1.54) is 35.1 Å². The van der Waals surface area contributed by atoms with Crippen LogP contribution in [0.5, 0.6) is 0 Å². The smallest absolute Gasteiger partial charge is 0.129 e. The molecule has 0 fully saturated rings. The van der Waals surface area contributed by atoms with E-state index in [9.17, 15) is 4.79 Å². The molecule has 0 aliphatic heterocycles. The van der Waals surface area contributed by atoms with Crippen LogP contribution in [-0.4, -0.2) is 5.78 Å². The van der Waals surface area contributed by atoms with Gasteiger partial charge in [-0.3, -0.25) is 0 Å². The lowest BCUT2D eigenvalue weighted by atomic mass is 9.87. The van der Waals surface area contributed by atoms with E-state index in [4.69, 9.17) is 0 Å². The minimum absolute atomic E-state index is 0.316. The van der Waals surface area contributed by atoms with E-state index in [0.717, 1.165) is 37.7 Å². The van der Waals surface area contributed by atoms with Crippen molar-refractivity contribution in [3.05, 3.63) is 107 Å². The van der Waals surface area contributed by atoms with Crippen LogP contribution in [0.3, 0.4) is 0 Å². The standard InChI is InChI=1S/C19H16.C15H24O.2C2H6/c1-2-15-10-12-17(13-11-15)19-9-5-8-16-6-3-4-7-18(16)14-19;1-13(16)7-4-5-8-14-9-6-11-15(2,3)12-10-14;2*1-2/h2-8,10-14H,1,9H2;6,9,11H,4-5,7-8,10,12H2,1-3H3;2*1-2H3. The lowest BCUT2D eigenvalue weighted by Gasteiger charge is -2.18. The van der Waals surface area contributed by atoms with Gasteiger partial charge in [0.15, 0.2) is 0 Å². The molecule has 4 rings (SSSR count). The van der Waals surface area contributed by atoms with Crippen molar-refractivity contribution in [3.63, 3.8) is 0 Å². The van der Waals surface area contributed by atoms with Gasteiger partial charge >= 0.3 is 0 Å². The summed E-state index contributed by atoms with van der Waals surface area (Å²) in [5, 5.41) is 0. The quantitative estimate of drug-likeness (QED) is 0.329. The Morgan fingerprint density at radius 2 is 1.62 bits per heavy atom. The van der Waals surface area contributed by atoms with Crippen molar-refractivity contribution in [2.75, 3.05) is 0 Å². The van der Waals surface area contributed by atoms with Gasteiger partial charge in [-0.25, -0.2) is 0 Å². The summed E-state index contributed by atoms with van der Waals surface area (Å²) in [5.74, 6) is 0.316. The number of carbonyl (C=O) groups excluding carboxylic acids is 1. The highest BCUT2D eigenvalue weighted by Gasteiger charge is 2.16. The molecule has 0 heterocycles. The third-order valence-electron chi connectivity index (χ3n) is 6.72. The number of ketones is 1. The lowest BCUT2D eigenvalue weighted by Crippen LogP contribution is -2.05. The van der Waals surface area contributed by atoms with E-state index < -0.39 is 0 Å². The van der Waals surface area contributed by atoms with E-state index in [2.05, 4.69) is 105 Å². The van der Waals surface area contributed by atoms with Crippen LogP contribution < -0.4 is 0 Å². The maximum Gasteiger partial charge on any atom is 0.129 e. The van der Waals surface area contributed by atoms with Crippen molar-refractivity contribution in [1.29, 1.82) is 0 Å². The van der Waals surface area contributed by atoms with Crippen molar-refractivity contribution in [1.82, 2.24) is 0 Å². The summed E-state index contributed by atoms with van der Waals surface area (Å²) >= 11 is 0. The van der Waals surface area contributed by atoms with Gasteiger partial charge in [-0.15, -0.1) is 0 Å². The van der Waals surface area contributed by atoms with E-state index in [0.29, 0.717) is 11.2 Å². The maximum atomic E-state index is 10.8. The molecular weight excluding hydrogens is 472 g/mol. The molecule has 0 atom stereocenters. The van der Waals surface area contributed by atoms with Gasteiger partial charge in [0.1, 0.15) is 5.78 Å². The van der Waals surface area contributed by atoms with Crippen molar-refractivity contribution in [2.45, 2.75) is 93.4 Å². The second-order valence-electron chi connectivity index (χ2n) is 10.3. The summed E-state index contributed by atoms with van der Waals surface area (Å²) in [5.41, 5.74) is 8.28. The molecule has 210 valence electrons. The van der Waals surface area contributed by atoms with Gasteiger partial charge in [0.25, 0.3) is 0 Å². The Hall–Kier alpha value is -3.19. The van der Waals surface area contributed by atoms with Gasteiger partial charge in [0.2, 0.25) is 0 Å². The van der Waals surface area contributed by atoms with Gasteiger partial charge < -0.3 is 4.79 Å². The highest BCUT2D eigenvalue weighted by atomic mass is 16.1. The molecule has 2 aliphatic carbocycles. The van der Waals surface area contributed by atoms with E-state index >= 15 is 0 Å². The normalized spacial score (nSPS) is 14.6. The van der Waals surface area contributed by atoms with Crippen LogP contribution >= 0.6 is 0 Å². The SMILES string of the molecule is C=Cc1ccc(C2=Cc3ccccc3C=CC2)cc1.CC.CC.CC(=O)CCCCC1=CC=CC(C)(C)CC1. The predicted molar refractivity (Wildman–Crippen MR) is 177 cm³/mol. The molecule has 0 spiro atoms. The summed E-state index contributed by atoms with van der Waals surface area (Å²) in [7, 11) is 0. The maximum absolute atomic E-state index is 10.8. The van der Waals surface area contributed by atoms with Crippen LogP contribution in [0.25, 0.3) is 23.8 Å². The second-order valence-corrected chi connectivity index (χ2v) is 10.3. The van der Waals surface area contributed by atoms with Gasteiger partial charge in [-0.2, -0.15) is 0 Å². The van der Waals surface area contributed by atoms with Crippen molar-refractivity contribution >= 4 is 29.6 Å². The highest BCUT2D eigenvalue weighted by molar-refractivity contribution is 5.87. The van der Waals surface area contributed by atoms with E-state index in [1.807, 2.05) is 33.8 Å². The molecule has 0 amide bonds. The van der Waals surface area contributed by atoms with Crippen molar-refractivity contribution in [3.8, 4) is 0 Å². The first-order valence-corrected chi connectivity index (χ1v) is 14.9. The topological polar surface area (TPSA) is 17.1 Å². The Balaban J connectivity index is 0.000000351. The molecule has 2 aromatic rings. The van der Waals surface area contributed by atoms with Crippen LogP contribution in [-0.2, 0) is 4.79 Å². The largest absolute Gasteiger partial charge is 0.300 e. The van der Waals surface area contributed by atoms with Crippen LogP contribution in [0.15, 0.2) is 85.0 Å². The number of benzene rings is 2. The Kier molecular flexibility index (Phi) is 16.5. The third-order valence-corrected chi connectivity index (χ3v) is 6.72. The summed E-state index contributed by atoms with van der Waals surface area (Å²) in [6.45, 7) is 18.0. The number of fused-ring (bicyclic) bond motifs is 1. The van der Waals surface area contributed by atoms with E-state index in [-0.39, 0.29) is 0 Å². The van der Waals surface area contributed by atoms with Crippen LogP contribution in [0, 0.1) is 5.41 Å². The molecule has 2 aromatic carbocycles. The Labute approximate surface area is 240 Å². The fourth-order valence-corrected chi connectivity index (χ4v) is 4.42. The first kappa shape index (κ1) is 33.8. The monoisotopic (exact) mass is 524 g/mol. The third kappa shape index (κ3) is 12.9. The number of hydrogen-bond acceptors (Lipinski definition) is 1. The molecule has 0 saturated heterocycles. The minimum atomic E-state index is 0.316. The fraction of sp³-hybridized carbons (Fsp3) is 0.395. The Morgan fingerprint density at radius 1 is 0.949 bits per heavy atom. The lowest BCUT2D eigenvalue weighted by molar-refractivity contribution is -0.117. The summed E-state index contributed by atoms with van der Waals surface area (Å²) in [6.07, 6.45) is 22.9. The molecule has 39 heavy (non-hydrogen) atoms. The first-order valence-electron chi connectivity index (χ1n) is 14.9. The van der Waals surface area contributed by atoms with Gasteiger partial charge in [-0.05, 0) is 78.7 Å². The van der Waals surface area contributed by atoms with Gasteiger partial charge in [-0.1, -0.05) is 145 Å². The van der Waals surface area contributed by atoms with Crippen LogP contribution in [0.4, 0.5) is 0 Å². The van der Waals surface area contributed by atoms with Crippen molar-refractivity contribution in [2.24, 2.45) is 5.41 Å². The molecule has 0 N–H and O–H groups in total. The molecule has 0 saturated carbocycles. The average Bonchev–Trinajstić information content (AvgIpc) is 3.29. The highest BCUT2D eigenvalue weighted by Crippen LogP contribution is 2.31. The molecule has 1 heteroatoms. The average molecular weight is 525 g/mol. The van der Waals surface area contributed by atoms with Crippen molar-refractivity contribution < 1.29 is 4.79 Å². The molecule has 0 unspecified atom stereocenters. The zero-order valence-corrected chi connectivity index (χ0v) is 25.7. The first-order chi connectivity index (χ1) is 18.9. The second kappa shape index (κ2) is 19.0. The number of Topliss-reactive ketones (excluding diaryl/α,β-unsaturated/α-hetero) is 1. The Morgan fingerprint density at radius 3 is 2.26 bits per heavy atom. The molecular formula is C38H52O. The summed E-state index contributed by atoms with van der Waals surface area (Å²) in [6, 6.07) is 17.1. The van der Waals surface area contributed by atoms with Crippen LogP contribution in [0.1, 0.15) is 116 Å². The Bertz CT molecular complexity index is 1120. The molecule has 0 bridgehead atoms. The summed E-state index contributed by atoms with van der Waals surface area (Å²) < 4.78 is 0. The molecule has 0 radical (unpaired) electrons. The number of rotatable bonds is 7. The fourth-order valence-electron chi connectivity index (χ4n) is 4.42. The predicted octanol–water partition coefficient (Wildman–Crippen LogP) is 11.8. The molecule has 2 aliphatic rings. The number of hydrogen-bond donors (Lipinski definition) is 0. The number of allylic oxidation sites excluding steroid dienone is 6. The zero-order valence-electron chi connectivity index (χ0n) is 25.7. The molecule has 1 nitrogen and oxygen atoms in total. The summed E-state index contributed by atoms with van der Waals surface area (Å²) in [4.78, 5) is 10.8.